The van der Waals surface area contributed by atoms with Crippen molar-refractivity contribution < 1.29 is 23.1 Å². The molecule has 0 unspecified atom stereocenters. The number of rotatable bonds is 5. The Kier molecular flexibility index (Phi) is 6.34. The summed E-state index contributed by atoms with van der Waals surface area (Å²) in [5.41, 5.74) is -0.953. The Morgan fingerprint density at radius 3 is 2.67 bits per heavy atom. The van der Waals surface area contributed by atoms with Gasteiger partial charge in [0.15, 0.2) is 17.4 Å². The molecule has 3 rings (SSSR count). The van der Waals surface area contributed by atoms with Gasteiger partial charge in [0.05, 0.1) is 39.6 Å². The fraction of sp³-hybridized carbons (Fsp3) is 0.286. The van der Waals surface area contributed by atoms with Gasteiger partial charge in [-0.1, -0.05) is 11.6 Å². The van der Waals surface area contributed by atoms with Crippen molar-refractivity contribution in [2.75, 3.05) is 30.4 Å². The normalized spacial score (nSPS) is 15.7. The minimum absolute atomic E-state index is 0.0520. The van der Waals surface area contributed by atoms with Crippen LogP contribution in [-0.4, -0.2) is 38.0 Å². The Morgan fingerprint density at radius 2 is 2.07 bits per heavy atom. The molecule has 1 amide bonds. The second kappa shape index (κ2) is 8.78. The van der Waals surface area contributed by atoms with Gasteiger partial charge in [-0.15, -0.1) is 0 Å². The molecule has 1 fully saturated rings. The summed E-state index contributed by atoms with van der Waals surface area (Å²) in [6.45, 7) is 1.77. The molecule has 2 aromatic carbocycles. The van der Waals surface area contributed by atoms with Crippen LogP contribution in [-0.2, 0) is 4.74 Å². The van der Waals surface area contributed by atoms with Crippen molar-refractivity contribution >= 4 is 34.7 Å². The van der Waals surface area contributed by atoms with E-state index in [9.17, 15) is 14.0 Å². The number of Topliss-reactive ketones (excluding diaryl/α,β-unsaturated/α-hetero) is 1. The van der Waals surface area contributed by atoms with E-state index in [2.05, 4.69) is 5.32 Å². The molecule has 0 aromatic heterocycles. The molecule has 1 atom stereocenters. The highest BCUT2D eigenvalue weighted by Gasteiger charge is 2.31. The third kappa shape index (κ3) is 4.13. The highest BCUT2D eigenvalue weighted by Crippen LogP contribution is 2.34. The summed E-state index contributed by atoms with van der Waals surface area (Å²) >= 11 is 6.01. The predicted octanol–water partition coefficient (Wildman–Crippen LogP) is 4.17. The summed E-state index contributed by atoms with van der Waals surface area (Å²) in [7, 11) is 1.52. The zero-order valence-corrected chi connectivity index (χ0v) is 17.0. The maximum absolute atomic E-state index is 15.2. The Bertz CT molecular complexity index is 1070. The summed E-state index contributed by atoms with van der Waals surface area (Å²) in [4.78, 5) is 26.3. The maximum Gasteiger partial charge on any atom is 0.257 e. The third-order valence-corrected chi connectivity index (χ3v) is 5.26. The smallest absolute Gasteiger partial charge is 0.257 e. The van der Waals surface area contributed by atoms with Gasteiger partial charge < -0.3 is 15.0 Å². The molecule has 1 aliphatic heterocycles. The highest BCUT2D eigenvalue weighted by atomic mass is 35.5. The third-order valence-electron chi connectivity index (χ3n) is 4.93. The van der Waals surface area contributed by atoms with Crippen LogP contribution in [0, 0.1) is 23.0 Å². The van der Waals surface area contributed by atoms with Gasteiger partial charge in [-0.25, -0.2) is 8.78 Å². The largest absolute Gasteiger partial charge is 0.380 e. The van der Waals surface area contributed by atoms with Gasteiger partial charge in [-0.2, -0.15) is 5.26 Å². The lowest BCUT2D eigenvalue weighted by atomic mass is 10.0. The summed E-state index contributed by atoms with van der Waals surface area (Å²) in [5, 5.41) is 11.4. The molecular formula is C21H18ClF2N3O3. The van der Waals surface area contributed by atoms with E-state index in [0.29, 0.717) is 13.0 Å². The number of ketones is 1. The van der Waals surface area contributed by atoms with E-state index in [1.807, 2.05) is 6.07 Å². The van der Waals surface area contributed by atoms with Gasteiger partial charge >= 0.3 is 0 Å². The quantitative estimate of drug-likeness (QED) is 0.715. The number of nitrogens with one attached hydrogen (secondary N) is 1. The van der Waals surface area contributed by atoms with Crippen LogP contribution in [0.15, 0.2) is 24.3 Å². The van der Waals surface area contributed by atoms with Crippen molar-refractivity contribution in [1.29, 1.82) is 5.26 Å². The van der Waals surface area contributed by atoms with Crippen LogP contribution in [0.3, 0.4) is 0 Å². The monoisotopic (exact) mass is 433 g/mol. The average Bonchev–Trinajstić information content (AvgIpc) is 3.16. The first-order valence-electron chi connectivity index (χ1n) is 9.08. The molecule has 30 heavy (non-hydrogen) atoms. The van der Waals surface area contributed by atoms with Gasteiger partial charge in [-0.05, 0) is 31.5 Å². The summed E-state index contributed by atoms with van der Waals surface area (Å²) in [6.07, 6.45) is 0.426. The summed E-state index contributed by atoms with van der Waals surface area (Å²) in [5.74, 6) is -3.44. The van der Waals surface area contributed by atoms with E-state index in [4.69, 9.17) is 21.6 Å². The number of nitrogens with zero attached hydrogens (tertiary/aromatic N) is 2. The van der Waals surface area contributed by atoms with Gasteiger partial charge in [0.25, 0.3) is 5.91 Å². The molecule has 2 aromatic rings. The van der Waals surface area contributed by atoms with E-state index < -0.39 is 28.9 Å². The average molecular weight is 434 g/mol. The maximum atomic E-state index is 15.2. The van der Waals surface area contributed by atoms with Crippen LogP contribution >= 0.6 is 11.6 Å². The van der Waals surface area contributed by atoms with Crippen molar-refractivity contribution in [3.63, 3.8) is 0 Å². The molecule has 0 bridgehead atoms. The molecule has 0 radical (unpaired) electrons. The molecule has 1 N–H and O–H groups in total. The number of halogens is 3. The number of anilines is 2. The molecule has 1 heterocycles. The van der Waals surface area contributed by atoms with Gasteiger partial charge in [0.1, 0.15) is 5.69 Å². The fourth-order valence-corrected chi connectivity index (χ4v) is 3.63. The number of ether oxygens (including phenoxy) is 1. The zero-order chi connectivity index (χ0) is 22.0. The van der Waals surface area contributed by atoms with Crippen molar-refractivity contribution in [2.24, 2.45) is 0 Å². The number of benzene rings is 2. The second-order valence-corrected chi connectivity index (χ2v) is 7.26. The number of carbonyl (C=O) groups excluding carboxylic acids is 2. The first kappa shape index (κ1) is 21.7. The van der Waals surface area contributed by atoms with Crippen LogP contribution in [0.2, 0.25) is 5.02 Å². The lowest BCUT2D eigenvalue weighted by Crippen LogP contribution is -2.26. The fourth-order valence-electron chi connectivity index (χ4n) is 3.42. The first-order valence-corrected chi connectivity index (χ1v) is 9.46. The standard InChI is InChI=1S/C21H18ClF2N3O3/c1-11(28)18-17(26-21(29)14-7-12(9-25)3-4-15(14)22)8-16(23)20(19(18)24)27-6-5-13(10-27)30-2/h3-4,7-8,13H,5-6,10H2,1-2H3,(H,26,29)/t13-/m0/s1. The molecule has 1 saturated heterocycles. The molecule has 1 aliphatic rings. The summed E-state index contributed by atoms with van der Waals surface area (Å²) < 4.78 is 35.3. The van der Waals surface area contributed by atoms with Crippen LogP contribution in [0.5, 0.6) is 0 Å². The topological polar surface area (TPSA) is 82.4 Å². The number of nitriles is 1. The summed E-state index contributed by atoms with van der Waals surface area (Å²) in [6, 6.07) is 6.84. The highest BCUT2D eigenvalue weighted by molar-refractivity contribution is 6.34. The van der Waals surface area contributed by atoms with Crippen molar-refractivity contribution in [3.8, 4) is 6.07 Å². The van der Waals surface area contributed by atoms with E-state index in [-0.39, 0.29) is 40.2 Å². The van der Waals surface area contributed by atoms with Crippen molar-refractivity contribution in [2.45, 2.75) is 19.4 Å². The van der Waals surface area contributed by atoms with Gasteiger partial charge in [0.2, 0.25) is 0 Å². The van der Waals surface area contributed by atoms with Crippen molar-refractivity contribution in [1.82, 2.24) is 0 Å². The number of amides is 1. The number of methoxy groups -OCH3 is 1. The van der Waals surface area contributed by atoms with E-state index in [1.54, 1.807) is 0 Å². The molecule has 156 valence electrons. The Morgan fingerprint density at radius 1 is 1.33 bits per heavy atom. The van der Waals surface area contributed by atoms with Crippen molar-refractivity contribution in [3.05, 3.63) is 57.6 Å². The molecule has 6 nitrogen and oxygen atoms in total. The van der Waals surface area contributed by atoms with Crippen LogP contribution in [0.4, 0.5) is 20.2 Å². The molecule has 0 spiro atoms. The second-order valence-electron chi connectivity index (χ2n) is 6.85. The zero-order valence-electron chi connectivity index (χ0n) is 16.3. The lowest BCUT2D eigenvalue weighted by Gasteiger charge is -2.22. The minimum atomic E-state index is -1.05. The minimum Gasteiger partial charge on any atom is -0.380 e. The Balaban J connectivity index is 2.01. The first-order chi connectivity index (χ1) is 14.3. The van der Waals surface area contributed by atoms with Crippen LogP contribution in [0.25, 0.3) is 0 Å². The lowest BCUT2D eigenvalue weighted by molar-refractivity contribution is 0.101. The van der Waals surface area contributed by atoms with E-state index >= 15 is 4.39 Å². The van der Waals surface area contributed by atoms with Gasteiger partial charge in [-0.3, -0.25) is 9.59 Å². The number of hydrogen-bond donors (Lipinski definition) is 1. The van der Waals surface area contributed by atoms with Gasteiger partial charge in [0, 0.05) is 26.3 Å². The number of hydrogen-bond acceptors (Lipinski definition) is 5. The molecule has 9 heteroatoms. The molecule has 0 saturated carbocycles. The number of carbonyl (C=O) groups is 2. The van der Waals surface area contributed by atoms with Crippen LogP contribution in [0.1, 0.15) is 39.6 Å². The van der Waals surface area contributed by atoms with Crippen LogP contribution < -0.4 is 10.2 Å². The Labute approximate surface area is 177 Å². The molecular weight excluding hydrogens is 416 g/mol. The SMILES string of the molecule is CO[C@H]1CCN(c2c(F)cc(NC(=O)c3cc(C#N)ccc3Cl)c(C(C)=O)c2F)C1. The van der Waals surface area contributed by atoms with E-state index in [0.717, 1.165) is 13.0 Å². The Hall–Kier alpha value is -3.02. The molecule has 0 aliphatic carbocycles. The predicted molar refractivity (Wildman–Crippen MR) is 108 cm³/mol. The van der Waals surface area contributed by atoms with E-state index in [1.165, 1.54) is 30.2 Å².